The molecule has 0 aromatic heterocycles. The van der Waals surface area contributed by atoms with Crippen molar-refractivity contribution in [3.8, 4) is 47.4 Å². The van der Waals surface area contributed by atoms with Crippen LogP contribution in [0.1, 0.15) is 25.7 Å². The normalized spacial score (nSPS) is 8.92. The van der Waals surface area contributed by atoms with Gasteiger partial charge in [0.15, 0.2) is 0 Å². The average Bonchev–Trinajstić information content (AvgIpc) is 2.59. The van der Waals surface area contributed by atoms with Gasteiger partial charge in [0.05, 0.1) is 0 Å². The SMILES string of the molecule is O=C(C(CC#CCO)CC#CCO)C(CC#CCO)CC#CCO. The number of Topliss-reactive ketones (excluding diaryl/α,β-unsaturated/α-hetero) is 1. The third kappa shape index (κ3) is 10.5. The van der Waals surface area contributed by atoms with E-state index >= 15 is 0 Å². The van der Waals surface area contributed by atoms with E-state index in [1.165, 1.54) is 0 Å². The van der Waals surface area contributed by atoms with E-state index in [9.17, 15) is 4.79 Å². The second-order valence-electron chi connectivity index (χ2n) is 4.66. The van der Waals surface area contributed by atoms with Crippen LogP contribution in [0, 0.1) is 59.2 Å². The fourth-order valence-electron chi connectivity index (χ4n) is 1.89. The summed E-state index contributed by atoms with van der Waals surface area (Å²) in [5.74, 6) is 19.9. The Balaban J connectivity index is 5.18. The van der Waals surface area contributed by atoms with Crippen molar-refractivity contribution in [3.05, 3.63) is 0 Å². The summed E-state index contributed by atoms with van der Waals surface area (Å²) in [6.07, 6.45) is 0.988. The van der Waals surface area contributed by atoms with Crippen molar-refractivity contribution < 1.29 is 25.2 Å². The summed E-state index contributed by atoms with van der Waals surface area (Å²) < 4.78 is 0. The summed E-state index contributed by atoms with van der Waals surface area (Å²) in [6.45, 7) is -1.12. The van der Waals surface area contributed by atoms with Crippen molar-refractivity contribution in [1.29, 1.82) is 0 Å². The molecule has 4 N–H and O–H groups in total. The van der Waals surface area contributed by atoms with Crippen molar-refractivity contribution in [2.24, 2.45) is 11.8 Å². The van der Waals surface area contributed by atoms with Crippen molar-refractivity contribution in [2.45, 2.75) is 25.7 Å². The second-order valence-corrected chi connectivity index (χ2v) is 4.66. The van der Waals surface area contributed by atoms with E-state index in [4.69, 9.17) is 20.4 Å². The highest BCUT2D eigenvalue weighted by Gasteiger charge is 2.24. The van der Waals surface area contributed by atoms with Gasteiger partial charge in [-0.2, -0.15) is 0 Å². The van der Waals surface area contributed by atoms with Crippen LogP contribution in [0.5, 0.6) is 0 Å². The summed E-state index contributed by atoms with van der Waals surface area (Å²) in [6, 6.07) is 0. The Morgan fingerprint density at radius 3 is 1.00 bits per heavy atom. The number of aliphatic hydroxyl groups is 4. The lowest BCUT2D eigenvalue weighted by Crippen LogP contribution is -2.23. The lowest BCUT2D eigenvalue weighted by atomic mass is 9.85. The molecular formula is C19H22O5. The van der Waals surface area contributed by atoms with Gasteiger partial charge in [-0.25, -0.2) is 0 Å². The smallest absolute Gasteiger partial charge is 0.142 e. The van der Waals surface area contributed by atoms with Gasteiger partial charge in [-0.3, -0.25) is 4.79 Å². The first-order valence-electron chi connectivity index (χ1n) is 7.51. The maximum Gasteiger partial charge on any atom is 0.142 e. The molecular weight excluding hydrogens is 308 g/mol. The minimum atomic E-state index is -0.472. The van der Waals surface area contributed by atoms with Gasteiger partial charge < -0.3 is 20.4 Å². The maximum absolute atomic E-state index is 12.7. The summed E-state index contributed by atoms with van der Waals surface area (Å²) in [7, 11) is 0. The Labute approximate surface area is 143 Å². The second kappa shape index (κ2) is 15.6. The third-order valence-corrected chi connectivity index (χ3v) is 3.01. The Kier molecular flexibility index (Phi) is 14.2. The van der Waals surface area contributed by atoms with Crippen LogP contribution in [0.4, 0.5) is 0 Å². The largest absolute Gasteiger partial charge is 0.384 e. The Hall–Kier alpha value is -2.25. The van der Waals surface area contributed by atoms with E-state index in [2.05, 4.69) is 47.4 Å². The van der Waals surface area contributed by atoms with Crippen LogP contribution in [0.15, 0.2) is 0 Å². The van der Waals surface area contributed by atoms with Gasteiger partial charge in [-0.05, 0) is 0 Å². The molecule has 0 aliphatic heterocycles. The highest BCUT2D eigenvalue weighted by atomic mass is 16.3. The fourth-order valence-corrected chi connectivity index (χ4v) is 1.89. The van der Waals surface area contributed by atoms with E-state index in [0.29, 0.717) is 0 Å². The number of hydrogen-bond donors (Lipinski definition) is 4. The Morgan fingerprint density at radius 2 is 0.792 bits per heavy atom. The predicted octanol–water partition coefficient (Wildman–Crippen LogP) is -0.669. The number of carbonyl (C=O) groups excluding carboxylic acids is 1. The maximum atomic E-state index is 12.7. The van der Waals surface area contributed by atoms with Gasteiger partial charge in [-0.15, -0.1) is 23.7 Å². The first-order chi connectivity index (χ1) is 11.7. The molecule has 0 radical (unpaired) electrons. The minimum absolute atomic E-state index is 0.103. The first kappa shape index (κ1) is 21.8. The number of aliphatic hydroxyl groups excluding tert-OH is 4. The molecule has 0 bridgehead atoms. The van der Waals surface area contributed by atoms with Crippen molar-refractivity contribution in [2.75, 3.05) is 26.4 Å². The average molecular weight is 330 g/mol. The van der Waals surface area contributed by atoms with Gasteiger partial charge >= 0.3 is 0 Å². The Bertz CT molecular complexity index is 505. The summed E-state index contributed by atoms with van der Waals surface area (Å²) >= 11 is 0. The van der Waals surface area contributed by atoms with Crippen molar-refractivity contribution >= 4 is 5.78 Å². The molecule has 5 nitrogen and oxygen atoms in total. The minimum Gasteiger partial charge on any atom is -0.384 e. The van der Waals surface area contributed by atoms with Gasteiger partial charge in [0.1, 0.15) is 32.2 Å². The molecule has 0 amide bonds. The summed E-state index contributed by atoms with van der Waals surface area (Å²) in [4.78, 5) is 12.7. The molecule has 128 valence electrons. The lowest BCUT2D eigenvalue weighted by Gasteiger charge is -2.16. The van der Waals surface area contributed by atoms with Crippen LogP contribution in [-0.4, -0.2) is 52.6 Å². The van der Waals surface area contributed by atoms with Gasteiger partial charge in [-0.1, -0.05) is 23.7 Å². The molecule has 0 aromatic rings. The molecule has 5 heteroatoms. The third-order valence-electron chi connectivity index (χ3n) is 3.01. The van der Waals surface area contributed by atoms with E-state index in [1.807, 2.05) is 0 Å². The molecule has 0 saturated heterocycles. The molecule has 0 fully saturated rings. The number of hydrogen-bond acceptors (Lipinski definition) is 5. The van der Waals surface area contributed by atoms with Crippen LogP contribution < -0.4 is 0 Å². The van der Waals surface area contributed by atoms with Gasteiger partial charge in [0.2, 0.25) is 0 Å². The monoisotopic (exact) mass is 330 g/mol. The Morgan fingerprint density at radius 1 is 0.542 bits per heavy atom. The zero-order chi connectivity index (χ0) is 18.0. The molecule has 0 rings (SSSR count). The molecule has 24 heavy (non-hydrogen) atoms. The number of carbonyl (C=O) groups is 1. The zero-order valence-corrected chi connectivity index (χ0v) is 13.5. The highest BCUT2D eigenvalue weighted by Crippen LogP contribution is 2.20. The van der Waals surface area contributed by atoms with E-state index in [1.54, 1.807) is 0 Å². The standard InChI is InChI=1S/C19H22O5/c20-13-5-1-9-17(10-2-6-14-21)19(24)18(11-3-7-15-22)12-4-8-16-23/h17-18,20-23H,9-16H2. The van der Waals surface area contributed by atoms with E-state index in [-0.39, 0.29) is 57.9 Å². The van der Waals surface area contributed by atoms with E-state index in [0.717, 1.165) is 0 Å². The molecule has 0 aliphatic rings. The molecule has 0 aromatic carbocycles. The van der Waals surface area contributed by atoms with Crippen molar-refractivity contribution in [3.63, 3.8) is 0 Å². The van der Waals surface area contributed by atoms with E-state index < -0.39 is 11.8 Å². The lowest BCUT2D eigenvalue weighted by molar-refractivity contribution is -0.126. The van der Waals surface area contributed by atoms with Crippen molar-refractivity contribution in [1.82, 2.24) is 0 Å². The molecule has 0 aliphatic carbocycles. The molecule has 0 saturated carbocycles. The quantitative estimate of drug-likeness (QED) is 0.484. The van der Waals surface area contributed by atoms with Crippen LogP contribution in [-0.2, 0) is 4.79 Å². The molecule has 0 unspecified atom stereocenters. The number of ketones is 1. The van der Waals surface area contributed by atoms with Crippen LogP contribution >= 0.6 is 0 Å². The van der Waals surface area contributed by atoms with Gasteiger partial charge in [0.25, 0.3) is 0 Å². The molecule has 0 spiro atoms. The highest BCUT2D eigenvalue weighted by molar-refractivity contribution is 5.84. The van der Waals surface area contributed by atoms with Crippen LogP contribution in [0.25, 0.3) is 0 Å². The fraction of sp³-hybridized carbons (Fsp3) is 0.526. The zero-order valence-electron chi connectivity index (χ0n) is 13.5. The first-order valence-corrected chi connectivity index (χ1v) is 7.51. The van der Waals surface area contributed by atoms with Crippen LogP contribution in [0.2, 0.25) is 0 Å². The topological polar surface area (TPSA) is 98.0 Å². The predicted molar refractivity (Wildman–Crippen MR) is 89.9 cm³/mol. The van der Waals surface area contributed by atoms with Crippen LogP contribution in [0.3, 0.4) is 0 Å². The number of rotatable bonds is 6. The summed E-state index contributed by atoms with van der Waals surface area (Å²) in [5, 5.41) is 34.9. The molecule has 0 heterocycles. The van der Waals surface area contributed by atoms with Gasteiger partial charge in [0, 0.05) is 37.5 Å². The summed E-state index contributed by atoms with van der Waals surface area (Å²) in [5.41, 5.74) is 0. The molecule has 0 atom stereocenters.